The quantitative estimate of drug-likeness (QED) is 0.640. The molecule has 1 heterocycles. The first-order chi connectivity index (χ1) is 12.7. The van der Waals surface area contributed by atoms with Crippen LogP contribution in [0.5, 0.6) is 0 Å². The van der Waals surface area contributed by atoms with Crippen LogP contribution in [-0.4, -0.2) is 49.6 Å². The molecule has 1 aliphatic rings. The van der Waals surface area contributed by atoms with E-state index in [2.05, 4.69) is 76.8 Å². The molecule has 2 aromatic rings. The fraction of sp³-hybridized carbons (Fsp3) is 0.500. The van der Waals surface area contributed by atoms with Crippen LogP contribution in [0.3, 0.4) is 0 Å². The average Bonchev–Trinajstić information content (AvgIpc) is 2.67. The molecule has 4 nitrogen and oxygen atoms in total. The van der Waals surface area contributed by atoms with Gasteiger partial charge in [-0.05, 0) is 49.4 Å². The van der Waals surface area contributed by atoms with Crippen LogP contribution in [0.2, 0.25) is 0 Å². The highest BCUT2D eigenvalue weighted by Gasteiger charge is 2.21. The topological polar surface area (TPSA) is 39.7 Å². The van der Waals surface area contributed by atoms with E-state index in [0.717, 1.165) is 18.9 Å². The number of guanidine groups is 1. The molecular formula is C22H32N4. The van der Waals surface area contributed by atoms with E-state index in [1.54, 1.807) is 0 Å². The van der Waals surface area contributed by atoms with E-state index in [1.807, 2.05) is 7.05 Å². The maximum Gasteiger partial charge on any atom is 0.191 e. The third-order valence-electron chi connectivity index (χ3n) is 5.34. The molecule has 0 spiro atoms. The largest absolute Gasteiger partial charge is 0.356 e. The van der Waals surface area contributed by atoms with Crippen molar-refractivity contribution in [2.75, 3.05) is 26.7 Å². The van der Waals surface area contributed by atoms with Crippen molar-refractivity contribution in [3.8, 4) is 0 Å². The van der Waals surface area contributed by atoms with Crippen LogP contribution in [-0.2, 0) is 6.42 Å². The van der Waals surface area contributed by atoms with Gasteiger partial charge in [0.2, 0.25) is 0 Å². The molecule has 0 atom stereocenters. The first-order valence-corrected chi connectivity index (χ1v) is 9.84. The molecule has 2 N–H and O–H groups in total. The minimum atomic E-state index is 0.525. The lowest BCUT2D eigenvalue weighted by molar-refractivity contribution is 0.167. The number of likely N-dealkylation sites (tertiary alicyclic amines) is 1. The predicted molar refractivity (Wildman–Crippen MR) is 112 cm³/mol. The van der Waals surface area contributed by atoms with E-state index >= 15 is 0 Å². The lowest BCUT2D eigenvalue weighted by atomic mass is 10.0. The van der Waals surface area contributed by atoms with E-state index < -0.39 is 0 Å². The summed E-state index contributed by atoms with van der Waals surface area (Å²) in [6, 6.07) is 16.4. The molecule has 26 heavy (non-hydrogen) atoms. The molecule has 2 aromatic carbocycles. The van der Waals surface area contributed by atoms with Gasteiger partial charge in [-0.1, -0.05) is 42.5 Å². The standard InChI is InChI=1S/C22H32N4/c1-17(2)26-14-11-21(12-15-26)25-22(23-3)24-13-10-18-8-9-19-6-4-5-7-20(19)16-18/h4-9,16-17,21H,10-15H2,1-3H3,(H2,23,24,25). The van der Waals surface area contributed by atoms with Crippen molar-refractivity contribution in [1.82, 2.24) is 15.5 Å². The summed E-state index contributed by atoms with van der Waals surface area (Å²) in [6.45, 7) is 7.79. The molecule has 1 saturated heterocycles. The van der Waals surface area contributed by atoms with Crippen molar-refractivity contribution in [2.45, 2.75) is 45.2 Å². The highest BCUT2D eigenvalue weighted by molar-refractivity contribution is 5.83. The van der Waals surface area contributed by atoms with Crippen molar-refractivity contribution < 1.29 is 0 Å². The number of hydrogen-bond acceptors (Lipinski definition) is 2. The van der Waals surface area contributed by atoms with Crippen LogP contribution in [0.15, 0.2) is 47.5 Å². The summed E-state index contributed by atoms with van der Waals surface area (Å²) in [7, 11) is 1.86. The summed E-state index contributed by atoms with van der Waals surface area (Å²) < 4.78 is 0. The van der Waals surface area contributed by atoms with Gasteiger partial charge < -0.3 is 15.5 Å². The maximum absolute atomic E-state index is 4.40. The number of fused-ring (bicyclic) bond motifs is 1. The maximum atomic E-state index is 4.40. The van der Waals surface area contributed by atoms with Gasteiger partial charge in [0.05, 0.1) is 0 Å². The van der Waals surface area contributed by atoms with Gasteiger partial charge in [0.1, 0.15) is 0 Å². The van der Waals surface area contributed by atoms with Crippen molar-refractivity contribution in [2.24, 2.45) is 4.99 Å². The van der Waals surface area contributed by atoms with Crippen LogP contribution in [0, 0.1) is 0 Å². The van der Waals surface area contributed by atoms with Crippen LogP contribution >= 0.6 is 0 Å². The van der Waals surface area contributed by atoms with E-state index in [4.69, 9.17) is 0 Å². The Morgan fingerprint density at radius 1 is 1.12 bits per heavy atom. The van der Waals surface area contributed by atoms with Crippen LogP contribution in [0.25, 0.3) is 10.8 Å². The minimum Gasteiger partial charge on any atom is -0.356 e. The van der Waals surface area contributed by atoms with Crippen molar-refractivity contribution in [3.05, 3.63) is 48.0 Å². The monoisotopic (exact) mass is 352 g/mol. The molecule has 4 heteroatoms. The van der Waals surface area contributed by atoms with Gasteiger partial charge >= 0.3 is 0 Å². The molecule has 3 rings (SSSR count). The van der Waals surface area contributed by atoms with Crippen LogP contribution in [0.4, 0.5) is 0 Å². The van der Waals surface area contributed by atoms with Gasteiger partial charge in [0.15, 0.2) is 5.96 Å². The highest BCUT2D eigenvalue weighted by Crippen LogP contribution is 2.16. The van der Waals surface area contributed by atoms with Crippen LogP contribution < -0.4 is 10.6 Å². The van der Waals surface area contributed by atoms with Gasteiger partial charge in [0.25, 0.3) is 0 Å². The molecule has 0 aromatic heterocycles. The molecule has 1 fully saturated rings. The smallest absolute Gasteiger partial charge is 0.191 e. The summed E-state index contributed by atoms with van der Waals surface area (Å²) in [6.07, 6.45) is 3.37. The normalized spacial score (nSPS) is 17.0. The number of aliphatic imine (C=N–C) groups is 1. The lowest BCUT2D eigenvalue weighted by Gasteiger charge is -2.35. The lowest BCUT2D eigenvalue weighted by Crippen LogP contribution is -2.50. The van der Waals surface area contributed by atoms with Gasteiger partial charge in [-0.2, -0.15) is 0 Å². The van der Waals surface area contributed by atoms with Crippen molar-refractivity contribution >= 4 is 16.7 Å². The number of piperidine rings is 1. The number of nitrogens with zero attached hydrogens (tertiary/aromatic N) is 2. The molecule has 0 unspecified atom stereocenters. The Bertz CT molecular complexity index is 730. The summed E-state index contributed by atoms with van der Waals surface area (Å²) in [5.74, 6) is 0.925. The molecular weight excluding hydrogens is 320 g/mol. The highest BCUT2D eigenvalue weighted by atomic mass is 15.2. The Kier molecular flexibility index (Phi) is 6.51. The third-order valence-corrected chi connectivity index (χ3v) is 5.34. The molecule has 0 radical (unpaired) electrons. The SMILES string of the molecule is CN=C(NCCc1ccc2ccccc2c1)NC1CCN(C(C)C)CC1. The molecule has 0 amide bonds. The summed E-state index contributed by atoms with van der Waals surface area (Å²) >= 11 is 0. The fourth-order valence-electron chi connectivity index (χ4n) is 3.67. The molecule has 140 valence electrons. The Balaban J connectivity index is 1.45. The molecule has 0 bridgehead atoms. The molecule has 1 aliphatic heterocycles. The van der Waals surface area contributed by atoms with E-state index in [-0.39, 0.29) is 0 Å². The van der Waals surface area contributed by atoms with Gasteiger partial charge in [0, 0.05) is 38.8 Å². The van der Waals surface area contributed by atoms with Crippen molar-refractivity contribution in [1.29, 1.82) is 0 Å². The summed E-state index contributed by atoms with van der Waals surface area (Å²) in [5.41, 5.74) is 1.36. The third kappa shape index (κ3) is 4.98. The zero-order chi connectivity index (χ0) is 18.4. The average molecular weight is 353 g/mol. The Labute approximate surface area is 157 Å². The zero-order valence-electron chi connectivity index (χ0n) is 16.3. The van der Waals surface area contributed by atoms with E-state index in [1.165, 1.54) is 42.3 Å². The number of benzene rings is 2. The van der Waals surface area contributed by atoms with E-state index in [9.17, 15) is 0 Å². The van der Waals surface area contributed by atoms with Gasteiger partial charge in [-0.15, -0.1) is 0 Å². The first-order valence-electron chi connectivity index (χ1n) is 9.84. The summed E-state index contributed by atoms with van der Waals surface area (Å²) in [5, 5.41) is 9.68. The first kappa shape index (κ1) is 18.7. The number of nitrogens with one attached hydrogen (secondary N) is 2. The predicted octanol–water partition coefficient (Wildman–Crippen LogP) is 3.42. The fourth-order valence-corrected chi connectivity index (χ4v) is 3.67. The second-order valence-electron chi connectivity index (χ2n) is 7.48. The van der Waals surface area contributed by atoms with E-state index in [0.29, 0.717) is 12.1 Å². The second-order valence-corrected chi connectivity index (χ2v) is 7.48. The summed E-state index contributed by atoms with van der Waals surface area (Å²) in [4.78, 5) is 6.95. The Morgan fingerprint density at radius 2 is 1.85 bits per heavy atom. The number of hydrogen-bond donors (Lipinski definition) is 2. The van der Waals surface area contributed by atoms with Gasteiger partial charge in [-0.25, -0.2) is 0 Å². The Hall–Kier alpha value is -2.07. The Morgan fingerprint density at radius 3 is 2.54 bits per heavy atom. The minimum absolute atomic E-state index is 0.525. The van der Waals surface area contributed by atoms with Crippen molar-refractivity contribution in [3.63, 3.8) is 0 Å². The number of rotatable bonds is 5. The van der Waals surface area contributed by atoms with Crippen LogP contribution in [0.1, 0.15) is 32.3 Å². The molecule has 0 saturated carbocycles. The molecule has 0 aliphatic carbocycles. The van der Waals surface area contributed by atoms with Gasteiger partial charge in [-0.3, -0.25) is 4.99 Å². The zero-order valence-corrected chi connectivity index (χ0v) is 16.3. The second kappa shape index (κ2) is 9.04.